The number of carbonyl (C=O) groups is 1. The van der Waals surface area contributed by atoms with Gasteiger partial charge in [-0.1, -0.05) is 12.1 Å². The number of aromatic nitrogens is 1. The van der Waals surface area contributed by atoms with Crippen LogP contribution >= 0.6 is 0 Å². The number of anilines is 1. The van der Waals surface area contributed by atoms with Gasteiger partial charge in [0.25, 0.3) is 0 Å². The summed E-state index contributed by atoms with van der Waals surface area (Å²) >= 11 is 0. The summed E-state index contributed by atoms with van der Waals surface area (Å²) in [6.07, 6.45) is 2.23. The van der Waals surface area contributed by atoms with E-state index in [1.807, 2.05) is 31.2 Å². The molecule has 1 saturated heterocycles. The summed E-state index contributed by atoms with van der Waals surface area (Å²) in [6.45, 7) is 3.16. The average molecular weight is 377 g/mol. The molecule has 140 valence electrons. The van der Waals surface area contributed by atoms with Crippen molar-refractivity contribution in [3.63, 3.8) is 0 Å². The highest BCUT2D eigenvalue weighted by Gasteiger charge is 2.29. The molecule has 2 aromatic rings. The van der Waals surface area contributed by atoms with Gasteiger partial charge in [-0.25, -0.2) is 17.7 Å². The summed E-state index contributed by atoms with van der Waals surface area (Å²) in [5.74, 6) is 0.204. The van der Waals surface area contributed by atoms with Crippen LogP contribution in [-0.4, -0.2) is 49.6 Å². The molecule has 26 heavy (non-hydrogen) atoms. The van der Waals surface area contributed by atoms with E-state index >= 15 is 0 Å². The molecule has 0 aliphatic carbocycles. The lowest BCUT2D eigenvalue weighted by molar-refractivity contribution is -0.120. The first-order valence-corrected chi connectivity index (χ1v) is 10.5. The van der Waals surface area contributed by atoms with Crippen molar-refractivity contribution < 1.29 is 17.9 Å². The highest BCUT2D eigenvalue weighted by molar-refractivity contribution is 7.88. The Hall–Kier alpha value is -2.19. The fourth-order valence-electron chi connectivity index (χ4n) is 3.14. The molecule has 1 aromatic carbocycles. The Kier molecular flexibility index (Phi) is 5.43. The SMILES string of the molecule is CCOc1ccc2cccc(NC(=O)C3CCN(S(C)(=O)=O)CC3)c2n1. The summed E-state index contributed by atoms with van der Waals surface area (Å²) in [5.41, 5.74) is 1.32. The molecular weight excluding hydrogens is 354 g/mol. The second kappa shape index (κ2) is 7.59. The van der Waals surface area contributed by atoms with Crippen molar-refractivity contribution in [1.82, 2.24) is 9.29 Å². The summed E-state index contributed by atoms with van der Waals surface area (Å²) in [5, 5.41) is 3.87. The summed E-state index contributed by atoms with van der Waals surface area (Å²) in [6, 6.07) is 9.32. The van der Waals surface area contributed by atoms with Crippen LogP contribution in [0.3, 0.4) is 0 Å². The van der Waals surface area contributed by atoms with Crippen LogP contribution in [-0.2, 0) is 14.8 Å². The fourth-order valence-corrected chi connectivity index (χ4v) is 4.02. The zero-order valence-electron chi connectivity index (χ0n) is 14.9. The van der Waals surface area contributed by atoms with E-state index in [-0.39, 0.29) is 11.8 Å². The summed E-state index contributed by atoms with van der Waals surface area (Å²) < 4.78 is 30.1. The molecule has 0 saturated carbocycles. The lowest BCUT2D eigenvalue weighted by atomic mass is 9.97. The van der Waals surface area contributed by atoms with Crippen LogP contribution in [0, 0.1) is 5.92 Å². The second-order valence-electron chi connectivity index (χ2n) is 6.39. The van der Waals surface area contributed by atoms with Crippen molar-refractivity contribution in [2.75, 3.05) is 31.3 Å². The number of para-hydroxylation sites is 1. The van der Waals surface area contributed by atoms with Gasteiger partial charge in [0, 0.05) is 30.5 Å². The normalized spacial score (nSPS) is 16.5. The number of sulfonamides is 1. The van der Waals surface area contributed by atoms with E-state index < -0.39 is 10.0 Å². The lowest BCUT2D eigenvalue weighted by Crippen LogP contribution is -2.40. The van der Waals surface area contributed by atoms with Crippen molar-refractivity contribution in [2.24, 2.45) is 5.92 Å². The number of nitrogens with one attached hydrogen (secondary N) is 1. The largest absolute Gasteiger partial charge is 0.478 e. The summed E-state index contributed by atoms with van der Waals surface area (Å²) in [4.78, 5) is 17.1. The van der Waals surface area contributed by atoms with Gasteiger partial charge in [-0.2, -0.15) is 0 Å². The highest BCUT2D eigenvalue weighted by atomic mass is 32.2. The first kappa shape index (κ1) is 18.6. The number of amides is 1. The molecule has 0 unspecified atom stereocenters. The van der Waals surface area contributed by atoms with E-state index in [9.17, 15) is 13.2 Å². The number of fused-ring (bicyclic) bond motifs is 1. The van der Waals surface area contributed by atoms with Gasteiger partial charge in [0.1, 0.15) is 0 Å². The van der Waals surface area contributed by atoms with E-state index in [2.05, 4.69) is 10.3 Å². The van der Waals surface area contributed by atoms with Gasteiger partial charge in [-0.15, -0.1) is 0 Å². The van der Waals surface area contributed by atoms with Gasteiger partial charge in [0.15, 0.2) is 0 Å². The van der Waals surface area contributed by atoms with Crippen LogP contribution in [0.5, 0.6) is 5.88 Å². The third-order valence-electron chi connectivity index (χ3n) is 4.54. The molecule has 0 radical (unpaired) electrons. The van der Waals surface area contributed by atoms with E-state index in [0.29, 0.717) is 49.6 Å². The fraction of sp³-hybridized carbons (Fsp3) is 0.444. The van der Waals surface area contributed by atoms with E-state index in [1.165, 1.54) is 10.6 Å². The van der Waals surface area contributed by atoms with Crippen LogP contribution in [0.25, 0.3) is 10.9 Å². The van der Waals surface area contributed by atoms with Crippen molar-refractivity contribution >= 4 is 32.5 Å². The first-order valence-electron chi connectivity index (χ1n) is 8.67. The Bertz CT molecular complexity index is 906. The highest BCUT2D eigenvalue weighted by Crippen LogP contribution is 2.26. The molecule has 1 amide bonds. The molecule has 1 N–H and O–H groups in total. The molecule has 8 heteroatoms. The van der Waals surface area contributed by atoms with Crippen LogP contribution in [0.2, 0.25) is 0 Å². The minimum atomic E-state index is -3.20. The zero-order chi connectivity index (χ0) is 18.7. The van der Waals surface area contributed by atoms with Crippen LogP contribution in [0.15, 0.2) is 30.3 Å². The number of carbonyl (C=O) groups excluding carboxylic acids is 1. The van der Waals surface area contributed by atoms with E-state index in [0.717, 1.165) is 5.39 Å². The van der Waals surface area contributed by atoms with Crippen molar-refractivity contribution in [2.45, 2.75) is 19.8 Å². The van der Waals surface area contributed by atoms with Gasteiger partial charge in [0.05, 0.1) is 24.1 Å². The van der Waals surface area contributed by atoms with Crippen molar-refractivity contribution in [3.05, 3.63) is 30.3 Å². The maximum Gasteiger partial charge on any atom is 0.227 e. The molecule has 7 nitrogen and oxygen atoms in total. The van der Waals surface area contributed by atoms with Gasteiger partial charge in [-0.05, 0) is 31.9 Å². The Morgan fingerprint density at radius 1 is 1.27 bits per heavy atom. The molecular formula is C18H23N3O4S. The maximum absolute atomic E-state index is 12.6. The number of pyridine rings is 1. The van der Waals surface area contributed by atoms with Crippen molar-refractivity contribution in [3.8, 4) is 5.88 Å². The molecule has 1 fully saturated rings. The van der Waals surface area contributed by atoms with Gasteiger partial charge in [0.2, 0.25) is 21.8 Å². The Morgan fingerprint density at radius 2 is 2.00 bits per heavy atom. The number of ether oxygens (including phenoxy) is 1. The lowest BCUT2D eigenvalue weighted by Gasteiger charge is -2.29. The second-order valence-corrected chi connectivity index (χ2v) is 8.37. The quantitative estimate of drug-likeness (QED) is 0.863. The van der Waals surface area contributed by atoms with E-state index in [1.54, 1.807) is 6.07 Å². The molecule has 0 spiro atoms. The molecule has 1 aliphatic rings. The van der Waals surface area contributed by atoms with Crippen molar-refractivity contribution in [1.29, 1.82) is 0 Å². The molecule has 1 aliphatic heterocycles. The van der Waals surface area contributed by atoms with Gasteiger partial charge < -0.3 is 10.1 Å². The topological polar surface area (TPSA) is 88.6 Å². The molecule has 1 aromatic heterocycles. The smallest absolute Gasteiger partial charge is 0.227 e. The Labute approximate surface area is 153 Å². The van der Waals surface area contributed by atoms with Crippen LogP contribution in [0.1, 0.15) is 19.8 Å². The molecule has 0 atom stereocenters. The summed E-state index contributed by atoms with van der Waals surface area (Å²) in [7, 11) is -3.20. The zero-order valence-corrected chi connectivity index (χ0v) is 15.8. The Morgan fingerprint density at radius 3 is 2.65 bits per heavy atom. The molecule has 2 heterocycles. The van der Waals surface area contributed by atoms with E-state index in [4.69, 9.17) is 4.74 Å². The number of piperidine rings is 1. The van der Waals surface area contributed by atoms with Gasteiger partial charge in [-0.3, -0.25) is 4.79 Å². The van der Waals surface area contributed by atoms with Crippen LogP contribution in [0.4, 0.5) is 5.69 Å². The monoisotopic (exact) mass is 377 g/mol. The number of hydrogen-bond donors (Lipinski definition) is 1. The average Bonchev–Trinajstić information content (AvgIpc) is 2.62. The molecule has 0 bridgehead atoms. The third-order valence-corrected chi connectivity index (χ3v) is 5.84. The number of benzene rings is 1. The number of hydrogen-bond acceptors (Lipinski definition) is 5. The number of nitrogens with zero attached hydrogens (tertiary/aromatic N) is 2. The van der Waals surface area contributed by atoms with Crippen LogP contribution < -0.4 is 10.1 Å². The Balaban J connectivity index is 1.74. The standard InChI is InChI=1S/C18H23N3O4S/c1-3-25-16-8-7-13-5-4-6-15(17(13)20-16)19-18(22)14-9-11-21(12-10-14)26(2,23)24/h4-8,14H,3,9-12H2,1-2H3,(H,19,22). The first-order chi connectivity index (χ1) is 12.4. The predicted molar refractivity (Wildman–Crippen MR) is 101 cm³/mol. The molecule has 3 rings (SSSR count). The van der Waals surface area contributed by atoms with Gasteiger partial charge >= 0.3 is 0 Å². The minimum absolute atomic E-state index is 0.103. The minimum Gasteiger partial charge on any atom is -0.478 e. The predicted octanol–water partition coefficient (Wildman–Crippen LogP) is 2.24. The maximum atomic E-state index is 12.6. The number of rotatable bonds is 5. The third kappa shape index (κ3) is 4.13.